The molecule has 1 aliphatic rings. The number of hydrogen-bond donors (Lipinski definition) is 2. The van der Waals surface area contributed by atoms with Gasteiger partial charge in [0.1, 0.15) is 5.75 Å². The molecule has 1 aromatic rings. The summed E-state index contributed by atoms with van der Waals surface area (Å²) in [4.78, 5) is 14.4. The normalized spacial score (nSPS) is 18.9. The van der Waals surface area contributed by atoms with E-state index in [2.05, 4.69) is 10.2 Å². The summed E-state index contributed by atoms with van der Waals surface area (Å²) in [5.41, 5.74) is 0.765. The van der Waals surface area contributed by atoms with Crippen molar-refractivity contribution >= 4 is 11.6 Å². The first-order valence-corrected chi connectivity index (χ1v) is 7.98. The molecule has 2 N–H and O–H groups in total. The Morgan fingerprint density at radius 2 is 2.36 bits per heavy atom. The zero-order valence-corrected chi connectivity index (χ0v) is 13.3. The summed E-state index contributed by atoms with van der Waals surface area (Å²) in [6, 6.07) is 7.39. The Bertz CT molecular complexity index is 477. The van der Waals surface area contributed by atoms with E-state index in [0.29, 0.717) is 12.3 Å². The summed E-state index contributed by atoms with van der Waals surface area (Å²) in [7, 11) is 1.61. The van der Waals surface area contributed by atoms with Crippen molar-refractivity contribution < 1.29 is 14.6 Å². The average molecular weight is 306 g/mol. The van der Waals surface area contributed by atoms with Crippen LogP contribution in [0.2, 0.25) is 0 Å². The van der Waals surface area contributed by atoms with Crippen molar-refractivity contribution in [1.82, 2.24) is 4.90 Å². The van der Waals surface area contributed by atoms with Crippen LogP contribution in [0.4, 0.5) is 5.69 Å². The third kappa shape index (κ3) is 5.31. The van der Waals surface area contributed by atoms with Crippen LogP contribution in [0.3, 0.4) is 0 Å². The van der Waals surface area contributed by atoms with E-state index in [1.807, 2.05) is 24.3 Å². The Kier molecular flexibility index (Phi) is 6.68. The minimum atomic E-state index is 0.0255. The van der Waals surface area contributed by atoms with Crippen LogP contribution in [0.5, 0.6) is 5.75 Å². The predicted octanol–water partition coefficient (Wildman–Crippen LogP) is 2.12. The van der Waals surface area contributed by atoms with Crippen LogP contribution in [-0.2, 0) is 4.79 Å². The molecule has 0 spiro atoms. The standard InChI is InChI=1S/C17H26N2O3/c1-22-16-6-2-5-15(12-16)18-17(21)7-10-19-9-3-4-14(13-19)8-11-20/h2,5-6,12,14,20H,3-4,7-11,13H2,1H3,(H,18,21)/t14-/m0/s1. The lowest BCUT2D eigenvalue weighted by atomic mass is 9.95. The van der Waals surface area contributed by atoms with E-state index in [9.17, 15) is 4.79 Å². The van der Waals surface area contributed by atoms with E-state index in [-0.39, 0.29) is 12.5 Å². The quantitative estimate of drug-likeness (QED) is 0.810. The van der Waals surface area contributed by atoms with Crippen molar-refractivity contribution in [2.24, 2.45) is 5.92 Å². The Hall–Kier alpha value is -1.59. The van der Waals surface area contributed by atoms with Gasteiger partial charge in [-0.25, -0.2) is 0 Å². The van der Waals surface area contributed by atoms with Crippen molar-refractivity contribution in [3.63, 3.8) is 0 Å². The number of ether oxygens (including phenoxy) is 1. The predicted molar refractivity (Wildman–Crippen MR) is 87.1 cm³/mol. The molecule has 122 valence electrons. The van der Waals surface area contributed by atoms with E-state index >= 15 is 0 Å². The number of piperidine rings is 1. The maximum atomic E-state index is 12.0. The van der Waals surface area contributed by atoms with Crippen LogP contribution in [0, 0.1) is 5.92 Å². The second kappa shape index (κ2) is 8.76. The number of anilines is 1. The van der Waals surface area contributed by atoms with Crippen LogP contribution in [0.1, 0.15) is 25.7 Å². The van der Waals surface area contributed by atoms with Gasteiger partial charge in [0.05, 0.1) is 7.11 Å². The van der Waals surface area contributed by atoms with Crippen LogP contribution in [-0.4, -0.2) is 49.3 Å². The lowest BCUT2D eigenvalue weighted by Crippen LogP contribution is -2.37. The molecule has 0 saturated carbocycles. The van der Waals surface area contributed by atoms with Gasteiger partial charge in [-0.05, 0) is 43.9 Å². The molecular weight excluding hydrogens is 280 g/mol. The minimum Gasteiger partial charge on any atom is -0.497 e. The SMILES string of the molecule is COc1cccc(NC(=O)CCN2CCC[C@@H](CCO)C2)c1. The molecule has 0 bridgehead atoms. The van der Waals surface area contributed by atoms with E-state index in [1.165, 1.54) is 6.42 Å². The lowest BCUT2D eigenvalue weighted by Gasteiger charge is -2.32. The first kappa shape index (κ1) is 16.8. The molecule has 1 aliphatic heterocycles. The number of carbonyl (C=O) groups is 1. The van der Waals surface area contributed by atoms with E-state index in [0.717, 1.165) is 43.9 Å². The fraction of sp³-hybridized carbons (Fsp3) is 0.588. The fourth-order valence-corrected chi connectivity index (χ4v) is 2.96. The van der Waals surface area contributed by atoms with Gasteiger partial charge in [-0.2, -0.15) is 0 Å². The highest BCUT2D eigenvalue weighted by Crippen LogP contribution is 2.20. The van der Waals surface area contributed by atoms with Crippen LogP contribution >= 0.6 is 0 Å². The van der Waals surface area contributed by atoms with Gasteiger partial charge in [0.2, 0.25) is 5.91 Å². The van der Waals surface area contributed by atoms with Crippen molar-refractivity contribution in [3.8, 4) is 5.75 Å². The molecule has 22 heavy (non-hydrogen) atoms. The Morgan fingerprint density at radius 3 is 3.14 bits per heavy atom. The maximum Gasteiger partial charge on any atom is 0.225 e. The second-order valence-electron chi connectivity index (χ2n) is 5.85. The summed E-state index contributed by atoms with van der Waals surface area (Å²) in [5, 5.41) is 11.9. The first-order chi connectivity index (χ1) is 10.7. The smallest absolute Gasteiger partial charge is 0.225 e. The second-order valence-corrected chi connectivity index (χ2v) is 5.85. The fourth-order valence-electron chi connectivity index (χ4n) is 2.96. The Balaban J connectivity index is 1.75. The summed E-state index contributed by atoms with van der Waals surface area (Å²) in [6.07, 6.45) is 3.70. The van der Waals surface area contributed by atoms with Crippen molar-refractivity contribution in [2.45, 2.75) is 25.7 Å². The highest BCUT2D eigenvalue weighted by molar-refractivity contribution is 5.91. The number of aliphatic hydroxyl groups is 1. The Labute approximate surface area is 132 Å². The lowest BCUT2D eigenvalue weighted by molar-refractivity contribution is -0.116. The van der Waals surface area contributed by atoms with Crippen LogP contribution in [0.25, 0.3) is 0 Å². The van der Waals surface area contributed by atoms with Crippen LogP contribution in [0.15, 0.2) is 24.3 Å². The number of nitrogens with one attached hydrogen (secondary N) is 1. The summed E-state index contributed by atoms with van der Waals surface area (Å²) >= 11 is 0. The van der Waals surface area contributed by atoms with Gasteiger partial charge in [0.25, 0.3) is 0 Å². The van der Waals surface area contributed by atoms with Gasteiger partial charge < -0.3 is 20.1 Å². The van der Waals surface area contributed by atoms with Gasteiger partial charge in [-0.1, -0.05) is 6.07 Å². The zero-order chi connectivity index (χ0) is 15.8. The topological polar surface area (TPSA) is 61.8 Å². The molecular formula is C17H26N2O3. The third-order valence-electron chi connectivity index (χ3n) is 4.15. The number of rotatable bonds is 7. The molecule has 2 rings (SSSR count). The number of nitrogens with zero attached hydrogens (tertiary/aromatic N) is 1. The van der Waals surface area contributed by atoms with Crippen LogP contribution < -0.4 is 10.1 Å². The summed E-state index contributed by atoms with van der Waals surface area (Å²) < 4.78 is 5.15. The van der Waals surface area contributed by atoms with E-state index in [4.69, 9.17) is 9.84 Å². The minimum absolute atomic E-state index is 0.0255. The maximum absolute atomic E-state index is 12.0. The number of benzene rings is 1. The number of amides is 1. The summed E-state index contributed by atoms with van der Waals surface area (Å²) in [5.74, 6) is 1.33. The highest BCUT2D eigenvalue weighted by Gasteiger charge is 2.19. The molecule has 0 radical (unpaired) electrons. The number of carbonyl (C=O) groups excluding carboxylic acids is 1. The first-order valence-electron chi connectivity index (χ1n) is 7.98. The molecule has 0 aliphatic carbocycles. The number of methoxy groups -OCH3 is 1. The van der Waals surface area contributed by atoms with Crippen molar-refractivity contribution in [1.29, 1.82) is 0 Å². The average Bonchev–Trinajstić information content (AvgIpc) is 2.54. The molecule has 1 fully saturated rings. The van der Waals surface area contributed by atoms with E-state index in [1.54, 1.807) is 7.11 Å². The number of likely N-dealkylation sites (tertiary alicyclic amines) is 1. The third-order valence-corrected chi connectivity index (χ3v) is 4.15. The number of aliphatic hydroxyl groups excluding tert-OH is 1. The van der Waals surface area contributed by atoms with Gasteiger partial charge in [-0.3, -0.25) is 4.79 Å². The Morgan fingerprint density at radius 1 is 1.50 bits per heavy atom. The highest BCUT2D eigenvalue weighted by atomic mass is 16.5. The van der Waals surface area contributed by atoms with E-state index < -0.39 is 0 Å². The molecule has 1 atom stereocenters. The number of hydrogen-bond acceptors (Lipinski definition) is 4. The molecule has 1 heterocycles. The van der Waals surface area contributed by atoms with Gasteiger partial charge in [0.15, 0.2) is 0 Å². The van der Waals surface area contributed by atoms with Crippen molar-refractivity contribution in [2.75, 3.05) is 38.7 Å². The molecule has 0 unspecified atom stereocenters. The van der Waals surface area contributed by atoms with Crippen molar-refractivity contribution in [3.05, 3.63) is 24.3 Å². The van der Waals surface area contributed by atoms with Gasteiger partial charge in [-0.15, -0.1) is 0 Å². The summed E-state index contributed by atoms with van der Waals surface area (Å²) in [6.45, 7) is 3.08. The monoisotopic (exact) mass is 306 g/mol. The zero-order valence-electron chi connectivity index (χ0n) is 13.3. The molecule has 5 nitrogen and oxygen atoms in total. The molecule has 1 amide bonds. The molecule has 5 heteroatoms. The molecule has 1 saturated heterocycles. The molecule has 1 aromatic carbocycles. The van der Waals surface area contributed by atoms with Gasteiger partial charge >= 0.3 is 0 Å². The largest absolute Gasteiger partial charge is 0.497 e. The van der Waals surface area contributed by atoms with Gasteiger partial charge in [0, 0.05) is 37.9 Å². The molecule has 0 aromatic heterocycles.